The molecule has 3 atom stereocenters. The maximum absolute atomic E-state index is 13.0. The quantitative estimate of drug-likeness (QED) is 0.670. The van der Waals surface area contributed by atoms with Crippen LogP contribution < -0.4 is 5.73 Å². The summed E-state index contributed by atoms with van der Waals surface area (Å²) in [7, 11) is 0. The second kappa shape index (κ2) is 8.19. The molecule has 0 spiro atoms. The lowest BCUT2D eigenvalue weighted by atomic mass is 9.94. The average molecular weight is 417 g/mol. The second-order valence-corrected chi connectivity index (χ2v) is 8.53. The van der Waals surface area contributed by atoms with E-state index in [1.165, 1.54) is 5.56 Å². The molecule has 0 aliphatic carbocycles. The van der Waals surface area contributed by atoms with Gasteiger partial charge in [0.15, 0.2) is 5.76 Å². The summed E-state index contributed by atoms with van der Waals surface area (Å²) in [5.41, 5.74) is 7.69. The third kappa shape index (κ3) is 3.83. The van der Waals surface area contributed by atoms with E-state index in [4.69, 9.17) is 10.2 Å². The maximum Gasteiger partial charge on any atom is 0.289 e. The molecule has 6 heteroatoms. The summed E-state index contributed by atoms with van der Waals surface area (Å²) in [4.78, 5) is 29.3. The molecule has 3 aromatic rings. The molecule has 5 rings (SSSR count). The second-order valence-electron chi connectivity index (χ2n) is 8.53. The van der Waals surface area contributed by atoms with Crippen LogP contribution >= 0.6 is 0 Å². The molecule has 31 heavy (non-hydrogen) atoms. The van der Waals surface area contributed by atoms with E-state index in [-0.39, 0.29) is 29.7 Å². The van der Waals surface area contributed by atoms with Crippen LogP contribution in [0.25, 0.3) is 11.0 Å². The van der Waals surface area contributed by atoms with Gasteiger partial charge in [-0.25, -0.2) is 0 Å². The molecule has 2 aromatic carbocycles. The van der Waals surface area contributed by atoms with Crippen molar-refractivity contribution < 1.29 is 14.0 Å². The van der Waals surface area contributed by atoms with E-state index in [0.717, 1.165) is 24.9 Å². The highest BCUT2D eigenvalue weighted by Gasteiger charge is 2.50. The minimum Gasteiger partial charge on any atom is -0.451 e. The lowest BCUT2D eigenvalue weighted by Crippen LogP contribution is -2.46. The van der Waals surface area contributed by atoms with E-state index in [9.17, 15) is 9.59 Å². The van der Waals surface area contributed by atoms with E-state index in [0.29, 0.717) is 24.4 Å². The van der Waals surface area contributed by atoms with Crippen LogP contribution in [-0.2, 0) is 4.79 Å². The van der Waals surface area contributed by atoms with Crippen molar-refractivity contribution >= 4 is 22.8 Å². The lowest BCUT2D eigenvalue weighted by molar-refractivity contribution is -0.123. The van der Waals surface area contributed by atoms with Gasteiger partial charge in [0.1, 0.15) is 5.58 Å². The van der Waals surface area contributed by atoms with E-state index in [1.54, 1.807) is 6.07 Å². The first-order valence-corrected chi connectivity index (χ1v) is 10.8. The van der Waals surface area contributed by atoms with Crippen LogP contribution in [0.3, 0.4) is 0 Å². The smallest absolute Gasteiger partial charge is 0.289 e. The molecule has 1 aromatic heterocycles. The highest BCUT2D eigenvalue weighted by atomic mass is 16.3. The van der Waals surface area contributed by atoms with E-state index < -0.39 is 0 Å². The molecule has 0 bridgehead atoms. The molecule has 3 heterocycles. The van der Waals surface area contributed by atoms with Crippen molar-refractivity contribution in [3.63, 3.8) is 0 Å². The highest BCUT2D eigenvalue weighted by Crippen LogP contribution is 2.37. The number of nitrogens with two attached hydrogens (primary N) is 1. The molecular weight excluding hydrogens is 390 g/mol. The Labute approximate surface area is 181 Å². The van der Waals surface area contributed by atoms with Crippen molar-refractivity contribution in [2.24, 2.45) is 17.6 Å². The molecule has 2 amide bonds. The molecule has 2 unspecified atom stereocenters. The first-order valence-electron chi connectivity index (χ1n) is 10.8. The van der Waals surface area contributed by atoms with Crippen molar-refractivity contribution in [3.05, 3.63) is 78.4 Å². The third-order valence-electron chi connectivity index (χ3n) is 6.57. The summed E-state index contributed by atoms with van der Waals surface area (Å²) in [6, 6.07) is 19.3. The van der Waals surface area contributed by atoms with Gasteiger partial charge in [-0.2, -0.15) is 0 Å². The zero-order valence-corrected chi connectivity index (χ0v) is 17.3. The predicted molar refractivity (Wildman–Crippen MR) is 118 cm³/mol. The van der Waals surface area contributed by atoms with Gasteiger partial charge in [-0.1, -0.05) is 48.5 Å². The van der Waals surface area contributed by atoms with Gasteiger partial charge >= 0.3 is 0 Å². The zero-order chi connectivity index (χ0) is 21.4. The number of rotatable bonds is 6. The van der Waals surface area contributed by atoms with Crippen molar-refractivity contribution in [2.45, 2.75) is 12.5 Å². The largest absolute Gasteiger partial charge is 0.451 e. The topological polar surface area (TPSA) is 79.8 Å². The van der Waals surface area contributed by atoms with Crippen LogP contribution in [0.15, 0.2) is 65.1 Å². The number of hydrogen-bond donors (Lipinski definition) is 1. The van der Waals surface area contributed by atoms with Crippen molar-refractivity contribution in [1.29, 1.82) is 0 Å². The Morgan fingerprint density at radius 1 is 1.03 bits per heavy atom. The average Bonchev–Trinajstić information content (AvgIpc) is 3.46. The Morgan fingerprint density at radius 2 is 1.81 bits per heavy atom. The van der Waals surface area contributed by atoms with Gasteiger partial charge in [0, 0.05) is 30.9 Å². The molecule has 0 saturated carbocycles. The predicted octanol–water partition coefficient (Wildman–Crippen LogP) is 2.93. The van der Waals surface area contributed by atoms with Gasteiger partial charge in [-0.05, 0) is 43.0 Å². The number of fused-ring (bicyclic) bond motifs is 2. The Hall–Kier alpha value is -3.12. The maximum atomic E-state index is 13.0. The van der Waals surface area contributed by atoms with Gasteiger partial charge < -0.3 is 15.1 Å². The molecule has 2 aliphatic heterocycles. The number of hydrogen-bond acceptors (Lipinski definition) is 4. The van der Waals surface area contributed by atoms with Crippen LogP contribution in [0, 0.1) is 18.3 Å². The highest BCUT2D eigenvalue weighted by molar-refractivity contribution is 5.96. The number of carbonyl (C=O) groups excluding carboxylic acids is 2. The van der Waals surface area contributed by atoms with Crippen molar-refractivity contribution in [1.82, 2.24) is 9.80 Å². The fourth-order valence-corrected chi connectivity index (χ4v) is 5.15. The van der Waals surface area contributed by atoms with Gasteiger partial charge in [-0.15, -0.1) is 0 Å². The zero-order valence-electron chi connectivity index (χ0n) is 17.3. The summed E-state index contributed by atoms with van der Waals surface area (Å²) in [6.45, 7) is 2.73. The Bertz CT molecular complexity index is 1060. The lowest BCUT2D eigenvalue weighted by Gasteiger charge is -2.27. The van der Waals surface area contributed by atoms with E-state index in [2.05, 4.69) is 23.5 Å². The number of benzene rings is 2. The minimum atomic E-state index is -0.331. The van der Waals surface area contributed by atoms with Crippen molar-refractivity contribution in [2.75, 3.05) is 26.2 Å². The SMILES string of the molecule is NC(=O)C1[C@@H]2CN(C(=O)c3cc4ccccc4o3)CC2CN1CC[CH]c1ccccc1. The van der Waals surface area contributed by atoms with Crippen LogP contribution in [0.2, 0.25) is 0 Å². The summed E-state index contributed by atoms with van der Waals surface area (Å²) >= 11 is 0. The first-order chi connectivity index (χ1) is 15.1. The fourth-order valence-electron chi connectivity index (χ4n) is 5.15. The normalized spacial score (nSPS) is 23.4. The van der Waals surface area contributed by atoms with Crippen LogP contribution in [0.4, 0.5) is 0 Å². The fraction of sp³-hybridized carbons (Fsp3) is 0.320. The van der Waals surface area contributed by atoms with Gasteiger partial charge in [0.25, 0.3) is 5.91 Å². The number of furan rings is 1. The van der Waals surface area contributed by atoms with Gasteiger partial charge in [0.2, 0.25) is 5.91 Å². The Balaban J connectivity index is 1.24. The Kier molecular flexibility index (Phi) is 5.24. The van der Waals surface area contributed by atoms with Gasteiger partial charge in [-0.3, -0.25) is 14.5 Å². The summed E-state index contributed by atoms with van der Waals surface area (Å²) < 4.78 is 5.76. The summed E-state index contributed by atoms with van der Waals surface area (Å²) in [5, 5.41) is 0.918. The standard InChI is InChI=1S/C25H26N3O3/c26-24(29)23-20-16-28(25(30)22-13-18-10-4-5-11-21(18)31-22)15-19(20)14-27(23)12-6-9-17-7-2-1-3-8-17/h1-5,7-11,13,19-20,23H,6,12,14-16H2,(H2,26,29)/t19?,20-,23?/m1/s1. The summed E-state index contributed by atoms with van der Waals surface area (Å²) in [5.74, 6) is 0.263. The number of amides is 2. The number of likely N-dealkylation sites (tertiary alicyclic amines) is 2. The van der Waals surface area contributed by atoms with Crippen LogP contribution in [0.5, 0.6) is 0 Å². The third-order valence-corrected chi connectivity index (χ3v) is 6.57. The molecule has 2 fully saturated rings. The molecule has 2 aliphatic rings. The minimum absolute atomic E-state index is 0.0718. The van der Waals surface area contributed by atoms with Gasteiger partial charge in [0.05, 0.1) is 6.04 Å². The molecule has 159 valence electrons. The van der Waals surface area contributed by atoms with Crippen molar-refractivity contribution in [3.8, 4) is 0 Å². The monoisotopic (exact) mass is 416 g/mol. The molecule has 2 N–H and O–H groups in total. The number of primary amides is 1. The van der Waals surface area contributed by atoms with Crippen LogP contribution in [0.1, 0.15) is 22.5 Å². The number of para-hydroxylation sites is 1. The molecule has 2 saturated heterocycles. The van der Waals surface area contributed by atoms with E-state index in [1.807, 2.05) is 47.4 Å². The number of nitrogens with zero attached hydrogens (tertiary/aromatic N) is 2. The molecule has 6 nitrogen and oxygen atoms in total. The summed E-state index contributed by atoms with van der Waals surface area (Å²) in [6.07, 6.45) is 3.04. The first kappa shape index (κ1) is 19.8. The number of carbonyl (C=O) groups is 2. The molecular formula is C25H26N3O3. The van der Waals surface area contributed by atoms with Crippen LogP contribution in [-0.4, -0.2) is 53.8 Å². The van der Waals surface area contributed by atoms with E-state index >= 15 is 0 Å². The molecule has 1 radical (unpaired) electrons. The Morgan fingerprint density at radius 3 is 2.58 bits per heavy atom.